The van der Waals surface area contributed by atoms with Crippen LogP contribution in [0.4, 0.5) is 19.7 Å². The number of rotatable bonds is 5. The Morgan fingerprint density at radius 2 is 1.85 bits per heavy atom. The number of amides is 2. The summed E-state index contributed by atoms with van der Waals surface area (Å²) in [4.78, 5) is 52.0. The molecule has 1 aromatic heterocycles. The summed E-state index contributed by atoms with van der Waals surface area (Å²) in [5.41, 5.74) is -1.02. The largest absolute Gasteiger partial charge is 0.464 e. The number of fused-ring (bicyclic) bond motifs is 1. The number of alkyl carbamates (subject to hydrolysis) is 1. The van der Waals surface area contributed by atoms with E-state index in [2.05, 4.69) is 5.32 Å². The zero-order valence-electron chi connectivity index (χ0n) is 22.2. The normalized spacial score (nSPS) is 19.1. The van der Waals surface area contributed by atoms with Crippen LogP contribution in [0.5, 0.6) is 0 Å². The first-order valence-electron chi connectivity index (χ1n) is 12.8. The number of carbonyl (C=O) groups is 2. The van der Waals surface area contributed by atoms with Crippen LogP contribution >= 0.6 is 11.6 Å². The van der Waals surface area contributed by atoms with Crippen LogP contribution in [0, 0.1) is 5.82 Å². The minimum absolute atomic E-state index is 0.0184. The molecule has 1 atom stereocenters. The van der Waals surface area contributed by atoms with Crippen molar-refractivity contribution in [1.29, 1.82) is 0 Å². The summed E-state index contributed by atoms with van der Waals surface area (Å²) in [7, 11) is 0. The number of nitrogens with one attached hydrogen (secondary N) is 2. The topological polar surface area (TPSA) is 135 Å². The zero-order chi connectivity index (χ0) is 29.0. The zero-order valence-corrected chi connectivity index (χ0v) is 22.9. The maximum atomic E-state index is 15.8. The van der Waals surface area contributed by atoms with Gasteiger partial charge in [0.05, 0.1) is 27.2 Å². The smallest absolute Gasteiger partial charge is 0.424 e. The molecule has 1 aliphatic heterocycles. The van der Waals surface area contributed by atoms with Gasteiger partial charge in [-0.25, -0.2) is 24.2 Å². The van der Waals surface area contributed by atoms with Crippen LogP contribution in [-0.4, -0.2) is 45.2 Å². The summed E-state index contributed by atoms with van der Waals surface area (Å²) in [6.07, 6.45) is -0.620. The Morgan fingerprint density at radius 3 is 2.45 bits per heavy atom. The maximum absolute atomic E-state index is 15.8. The van der Waals surface area contributed by atoms with Crippen LogP contribution in [0.1, 0.15) is 51.6 Å². The Balaban J connectivity index is 1.62. The van der Waals surface area contributed by atoms with E-state index in [1.165, 1.54) is 4.57 Å². The molecule has 2 aliphatic rings. The molecule has 3 aromatic rings. The number of hydrogen-bond donors (Lipinski definition) is 3. The van der Waals surface area contributed by atoms with Crippen molar-refractivity contribution in [2.24, 2.45) is 0 Å². The van der Waals surface area contributed by atoms with Crippen molar-refractivity contribution < 1.29 is 23.8 Å². The van der Waals surface area contributed by atoms with Gasteiger partial charge in [0.2, 0.25) is 0 Å². The number of aromatic nitrogens is 2. The van der Waals surface area contributed by atoms with Gasteiger partial charge in [0, 0.05) is 19.1 Å². The number of benzene rings is 2. The van der Waals surface area contributed by atoms with E-state index in [1.54, 1.807) is 31.1 Å². The molecular formula is C27H29ClFN5O6. The molecule has 1 unspecified atom stereocenters. The monoisotopic (exact) mass is 573 g/mol. The first kappa shape index (κ1) is 27.5. The van der Waals surface area contributed by atoms with Gasteiger partial charge in [0.15, 0.2) is 0 Å². The number of anilines is 1. The van der Waals surface area contributed by atoms with Crippen molar-refractivity contribution in [3.05, 3.63) is 73.6 Å². The predicted octanol–water partition coefficient (Wildman–Crippen LogP) is 4.14. The molecule has 2 fully saturated rings. The Kier molecular flexibility index (Phi) is 6.77. The van der Waals surface area contributed by atoms with Gasteiger partial charge in [0.1, 0.15) is 11.4 Å². The van der Waals surface area contributed by atoms with Crippen molar-refractivity contribution in [3.8, 4) is 0 Å². The lowest BCUT2D eigenvalue weighted by atomic mass is 9.89. The number of carboxylic acid groups (broad SMARTS) is 1. The van der Waals surface area contributed by atoms with Gasteiger partial charge in [-0.15, -0.1) is 0 Å². The highest BCUT2D eigenvalue weighted by Gasteiger charge is 2.44. The van der Waals surface area contributed by atoms with E-state index < -0.39 is 40.4 Å². The highest BCUT2D eigenvalue weighted by molar-refractivity contribution is 6.38. The fourth-order valence-electron chi connectivity index (χ4n) is 5.23. The fraction of sp³-hybridized carbons (Fsp3) is 0.407. The number of carbonyl (C=O) groups excluding carboxylic acids is 1. The number of nitrogens with zero attached hydrogens (tertiary/aromatic N) is 3. The minimum Gasteiger partial charge on any atom is -0.464 e. The van der Waals surface area contributed by atoms with Gasteiger partial charge in [-0.2, -0.15) is 4.68 Å². The van der Waals surface area contributed by atoms with E-state index >= 15 is 4.39 Å². The summed E-state index contributed by atoms with van der Waals surface area (Å²) in [6.45, 7) is 5.69. The third-order valence-electron chi connectivity index (χ3n) is 7.01. The summed E-state index contributed by atoms with van der Waals surface area (Å²) < 4.78 is 22.9. The molecule has 2 aromatic carbocycles. The molecule has 1 saturated carbocycles. The van der Waals surface area contributed by atoms with Crippen molar-refractivity contribution in [2.75, 3.05) is 23.4 Å². The van der Waals surface area contributed by atoms with Gasteiger partial charge in [-0.05, 0) is 51.7 Å². The Morgan fingerprint density at radius 1 is 1.18 bits per heavy atom. The van der Waals surface area contributed by atoms with Crippen molar-refractivity contribution in [1.82, 2.24) is 14.6 Å². The van der Waals surface area contributed by atoms with Crippen molar-refractivity contribution in [2.45, 2.75) is 57.2 Å². The molecule has 1 saturated heterocycles. The molecule has 0 bridgehead atoms. The van der Waals surface area contributed by atoms with E-state index in [4.69, 9.17) is 21.4 Å². The number of ether oxygens (including phenoxy) is 1. The minimum atomic E-state index is -1.61. The van der Waals surface area contributed by atoms with Crippen LogP contribution in [0.15, 0.2) is 46.0 Å². The molecule has 11 nitrogen and oxygen atoms in total. The molecule has 212 valence electrons. The number of hydrogen-bond acceptors (Lipinski definition) is 6. The second kappa shape index (κ2) is 9.84. The Labute approximate surface area is 233 Å². The van der Waals surface area contributed by atoms with Crippen LogP contribution in [0.25, 0.3) is 10.9 Å². The van der Waals surface area contributed by atoms with Gasteiger partial charge in [0.25, 0.3) is 5.56 Å². The van der Waals surface area contributed by atoms with E-state index in [0.717, 1.165) is 11.6 Å². The summed E-state index contributed by atoms with van der Waals surface area (Å²) >= 11 is 6.80. The van der Waals surface area contributed by atoms with Gasteiger partial charge < -0.3 is 20.1 Å². The molecule has 5 rings (SSSR count). The third-order valence-corrected chi connectivity index (χ3v) is 7.37. The second-order valence-electron chi connectivity index (χ2n) is 11.1. The van der Waals surface area contributed by atoms with Crippen molar-refractivity contribution in [3.63, 3.8) is 0 Å². The molecule has 2 amide bonds. The van der Waals surface area contributed by atoms with Crippen molar-refractivity contribution >= 4 is 40.4 Å². The highest BCUT2D eigenvalue weighted by Crippen LogP contribution is 2.43. The first-order chi connectivity index (χ1) is 18.8. The predicted molar refractivity (Wildman–Crippen MR) is 147 cm³/mol. The Hall–Kier alpha value is -4.06. The van der Waals surface area contributed by atoms with E-state index in [0.29, 0.717) is 23.9 Å². The molecule has 0 spiro atoms. The lowest BCUT2D eigenvalue weighted by Crippen LogP contribution is -2.49. The summed E-state index contributed by atoms with van der Waals surface area (Å²) in [5, 5.41) is 11.7. The van der Waals surface area contributed by atoms with E-state index in [9.17, 15) is 19.2 Å². The quantitative estimate of drug-likeness (QED) is 0.417. The molecule has 13 heteroatoms. The molecule has 0 radical (unpaired) electrons. The van der Waals surface area contributed by atoms with Gasteiger partial charge in [-0.1, -0.05) is 41.9 Å². The lowest BCUT2D eigenvalue weighted by Gasteiger charge is -2.33. The van der Waals surface area contributed by atoms with Crippen LogP contribution in [0.2, 0.25) is 5.02 Å². The summed E-state index contributed by atoms with van der Waals surface area (Å²) in [6, 6.07) is 9.91. The molecule has 40 heavy (non-hydrogen) atoms. The lowest BCUT2D eigenvalue weighted by molar-refractivity contribution is 0.0462. The standard InChI is InChI=1S/C27H29ClFN5O6/c1-26(2,3)40-24(38)30-27(15-7-5-4-6-8-15)11-12-32(14-27)21-18(29)13-17-20(19(21)28)33(16-9-10-16)25(39)34(22(17)35)31-23(36)37/h4-8,13,16,31H,9-12,14H2,1-3H3,(H,30,38)(H,36,37). The Bertz CT molecular complexity index is 1630. The SMILES string of the molecule is CC(C)(C)OC(=O)NC1(c2ccccc2)CCN(c2c(F)cc3c(=O)n(NC(=O)O)c(=O)n(C4CC4)c3c2Cl)C1. The average Bonchev–Trinajstić information content (AvgIpc) is 3.62. The molecular weight excluding hydrogens is 545 g/mol. The van der Waals surface area contributed by atoms with E-state index in [1.807, 2.05) is 30.3 Å². The average molecular weight is 574 g/mol. The van der Waals surface area contributed by atoms with E-state index in [-0.39, 0.29) is 40.7 Å². The van der Waals surface area contributed by atoms with Crippen LogP contribution < -0.4 is 26.9 Å². The van der Waals surface area contributed by atoms with Crippen LogP contribution in [-0.2, 0) is 10.3 Å². The fourth-order valence-corrected chi connectivity index (χ4v) is 5.63. The van der Waals surface area contributed by atoms with Gasteiger partial charge >= 0.3 is 17.9 Å². The molecule has 3 N–H and O–H groups in total. The highest BCUT2D eigenvalue weighted by atomic mass is 35.5. The first-order valence-corrected chi connectivity index (χ1v) is 13.2. The molecule has 2 heterocycles. The third kappa shape index (κ3) is 4.99. The molecule has 1 aliphatic carbocycles. The number of halogens is 2. The van der Waals surface area contributed by atoms with Gasteiger partial charge in [-0.3, -0.25) is 9.36 Å². The van der Waals surface area contributed by atoms with Crippen LogP contribution in [0.3, 0.4) is 0 Å². The summed E-state index contributed by atoms with van der Waals surface area (Å²) in [5.74, 6) is -0.821. The maximum Gasteiger partial charge on any atom is 0.424 e. The second-order valence-corrected chi connectivity index (χ2v) is 11.5.